The highest BCUT2D eigenvalue weighted by molar-refractivity contribution is 6.04. The minimum absolute atomic E-state index is 0.285. The van der Waals surface area contributed by atoms with Gasteiger partial charge in [0.1, 0.15) is 17.2 Å². The van der Waals surface area contributed by atoms with Gasteiger partial charge in [-0.3, -0.25) is 14.8 Å². The van der Waals surface area contributed by atoms with Crippen LogP contribution in [-0.2, 0) is 17.7 Å². The number of carbonyl (C=O) groups is 1. The predicted molar refractivity (Wildman–Crippen MR) is 119 cm³/mol. The van der Waals surface area contributed by atoms with Gasteiger partial charge in [0.05, 0.1) is 36.1 Å². The van der Waals surface area contributed by atoms with E-state index < -0.39 is 0 Å². The Hall–Kier alpha value is -3.76. The molecule has 10 heteroatoms. The average Bonchev–Trinajstić information content (AvgIpc) is 3.57. The standard InChI is InChI=1S/C22H22N8O2/c31-22(18-13-30-5-1-2-19(30)24-18)27-17-11-23-28-20(17)21-25-15-4-3-14(10-16(15)26-21)12-29-6-8-32-9-7-29/h1,3-5,10-11,13H,2,6-9,12H2,(H,23,28)(H,25,26)(H,27,31). The maximum atomic E-state index is 12.7. The molecule has 0 aliphatic carbocycles. The number of hydrogen-bond acceptors (Lipinski definition) is 6. The van der Waals surface area contributed by atoms with Crippen LogP contribution in [0.3, 0.4) is 0 Å². The SMILES string of the molecule is O=C(Nc1cn[nH]c1-c1nc2ccc(CN3CCOCC3)cc2[nH]1)c1cn2c(n1)CC=C2. The van der Waals surface area contributed by atoms with Crippen molar-refractivity contribution in [2.24, 2.45) is 0 Å². The third-order valence-corrected chi connectivity index (χ3v) is 5.79. The van der Waals surface area contributed by atoms with Crippen LogP contribution in [0.5, 0.6) is 0 Å². The number of rotatable bonds is 5. The quantitative estimate of drug-likeness (QED) is 0.447. The van der Waals surface area contributed by atoms with Gasteiger partial charge >= 0.3 is 0 Å². The topological polar surface area (TPSA) is 117 Å². The van der Waals surface area contributed by atoms with E-state index in [2.05, 4.69) is 47.5 Å². The fraction of sp³-hybridized carbons (Fsp3) is 0.273. The fourth-order valence-corrected chi connectivity index (χ4v) is 4.13. The number of hydrogen-bond donors (Lipinski definition) is 3. The van der Waals surface area contributed by atoms with Crippen LogP contribution in [0.15, 0.2) is 36.7 Å². The van der Waals surface area contributed by atoms with E-state index in [1.54, 1.807) is 12.4 Å². The molecule has 3 N–H and O–H groups in total. The molecule has 6 rings (SSSR count). The number of allylic oxidation sites excluding steroid dienone is 1. The molecular formula is C22H22N8O2. The highest BCUT2D eigenvalue weighted by atomic mass is 16.5. The first-order valence-electron chi connectivity index (χ1n) is 10.6. The summed E-state index contributed by atoms with van der Waals surface area (Å²) >= 11 is 0. The van der Waals surface area contributed by atoms with Crippen molar-refractivity contribution >= 4 is 28.8 Å². The molecule has 2 aliphatic heterocycles. The number of benzene rings is 1. The van der Waals surface area contributed by atoms with Crippen LogP contribution in [-0.4, -0.2) is 66.8 Å². The van der Waals surface area contributed by atoms with Gasteiger partial charge in [-0.2, -0.15) is 5.10 Å². The number of ether oxygens (including phenoxy) is 1. The fourth-order valence-electron chi connectivity index (χ4n) is 4.13. The number of carbonyl (C=O) groups excluding carboxylic acids is 1. The van der Waals surface area contributed by atoms with Crippen molar-refractivity contribution < 1.29 is 9.53 Å². The van der Waals surface area contributed by atoms with Crippen LogP contribution in [0.1, 0.15) is 21.9 Å². The van der Waals surface area contributed by atoms with Crippen molar-refractivity contribution in [3.05, 3.63) is 53.8 Å². The van der Waals surface area contributed by atoms with Crippen molar-refractivity contribution in [2.75, 3.05) is 31.6 Å². The molecule has 5 heterocycles. The lowest BCUT2D eigenvalue weighted by molar-refractivity contribution is 0.0342. The molecule has 0 radical (unpaired) electrons. The zero-order valence-electron chi connectivity index (χ0n) is 17.3. The van der Waals surface area contributed by atoms with E-state index >= 15 is 0 Å². The molecule has 0 saturated carbocycles. The van der Waals surface area contributed by atoms with Crippen molar-refractivity contribution in [3.63, 3.8) is 0 Å². The van der Waals surface area contributed by atoms with E-state index in [-0.39, 0.29) is 5.91 Å². The monoisotopic (exact) mass is 430 g/mol. The van der Waals surface area contributed by atoms with E-state index in [0.29, 0.717) is 22.9 Å². The number of nitrogens with one attached hydrogen (secondary N) is 3. The van der Waals surface area contributed by atoms with Crippen LogP contribution in [0.4, 0.5) is 5.69 Å². The molecule has 0 atom stereocenters. The summed E-state index contributed by atoms with van der Waals surface area (Å²) in [7, 11) is 0. The number of fused-ring (bicyclic) bond motifs is 2. The first kappa shape index (κ1) is 19.0. The maximum Gasteiger partial charge on any atom is 0.275 e. The van der Waals surface area contributed by atoms with Gasteiger partial charge in [0, 0.05) is 38.5 Å². The molecule has 0 spiro atoms. The lowest BCUT2D eigenvalue weighted by Gasteiger charge is -2.26. The van der Waals surface area contributed by atoms with Crippen LogP contribution < -0.4 is 5.32 Å². The van der Waals surface area contributed by atoms with Gasteiger partial charge in [0.15, 0.2) is 5.82 Å². The van der Waals surface area contributed by atoms with Crippen LogP contribution in [0, 0.1) is 0 Å². The predicted octanol–water partition coefficient (Wildman–Crippen LogP) is 2.26. The van der Waals surface area contributed by atoms with Gasteiger partial charge in [-0.1, -0.05) is 12.1 Å². The number of amides is 1. The molecule has 1 fully saturated rings. The highest BCUT2D eigenvalue weighted by Gasteiger charge is 2.19. The zero-order valence-corrected chi connectivity index (χ0v) is 17.3. The van der Waals surface area contributed by atoms with Gasteiger partial charge < -0.3 is 19.6 Å². The van der Waals surface area contributed by atoms with Crippen molar-refractivity contribution in [2.45, 2.75) is 13.0 Å². The number of anilines is 1. The number of nitrogens with zero attached hydrogens (tertiary/aromatic N) is 5. The number of imidazole rings is 2. The highest BCUT2D eigenvalue weighted by Crippen LogP contribution is 2.26. The van der Waals surface area contributed by atoms with Crippen molar-refractivity contribution in [3.8, 4) is 11.5 Å². The second-order valence-electron chi connectivity index (χ2n) is 7.98. The van der Waals surface area contributed by atoms with Gasteiger partial charge in [0.25, 0.3) is 5.91 Å². The third kappa shape index (κ3) is 3.49. The smallest absolute Gasteiger partial charge is 0.275 e. The summed E-state index contributed by atoms with van der Waals surface area (Å²) in [5, 5.41) is 9.94. The number of morpholine rings is 1. The van der Waals surface area contributed by atoms with Gasteiger partial charge in [-0.15, -0.1) is 0 Å². The summed E-state index contributed by atoms with van der Waals surface area (Å²) in [5.74, 6) is 1.19. The Kier molecular flexibility index (Phi) is 4.58. The van der Waals surface area contributed by atoms with Gasteiger partial charge in [-0.05, 0) is 17.7 Å². The molecule has 10 nitrogen and oxygen atoms in total. The van der Waals surface area contributed by atoms with Crippen molar-refractivity contribution in [1.82, 2.24) is 34.6 Å². The lowest BCUT2D eigenvalue weighted by Crippen LogP contribution is -2.35. The number of aromatic nitrogens is 6. The van der Waals surface area contributed by atoms with E-state index in [4.69, 9.17) is 4.74 Å². The zero-order chi connectivity index (χ0) is 21.5. The minimum Gasteiger partial charge on any atom is -0.379 e. The Balaban J connectivity index is 1.23. The first-order chi connectivity index (χ1) is 15.7. The third-order valence-electron chi connectivity index (χ3n) is 5.79. The lowest BCUT2D eigenvalue weighted by atomic mass is 10.2. The molecule has 4 aromatic rings. The van der Waals surface area contributed by atoms with E-state index in [1.807, 2.05) is 22.9 Å². The molecule has 1 saturated heterocycles. The maximum absolute atomic E-state index is 12.7. The Labute approximate surface area is 183 Å². The normalized spacial score (nSPS) is 16.0. The summed E-state index contributed by atoms with van der Waals surface area (Å²) in [5.41, 5.74) is 4.55. The minimum atomic E-state index is -0.285. The molecular weight excluding hydrogens is 408 g/mol. The number of aromatic amines is 2. The van der Waals surface area contributed by atoms with Gasteiger partial charge in [-0.25, -0.2) is 9.97 Å². The summed E-state index contributed by atoms with van der Waals surface area (Å²) in [6.45, 7) is 4.33. The summed E-state index contributed by atoms with van der Waals surface area (Å²) < 4.78 is 7.29. The van der Waals surface area contributed by atoms with Crippen LogP contribution >= 0.6 is 0 Å². The summed E-state index contributed by atoms with van der Waals surface area (Å²) in [4.78, 5) is 27.5. The van der Waals surface area contributed by atoms with E-state index in [9.17, 15) is 4.79 Å². The summed E-state index contributed by atoms with van der Waals surface area (Å²) in [6, 6.07) is 6.24. The summed E-state index contributed by atoms with van der Waals surface area (Å²) in [6.07, 6.45) is 7.95. The average molecular weight is 430 g/mol. The van der Waals surface area contributed by atoms with E-state index in [1.165, 1.54) is 5.56 Å². The molecule has 32 heavy (non-hydrogen) atoms. The second kappa shape index (κ2) is 7.74. The van der Waals surface area contributed by atoms with Crippen LogP contribution in [0.2, 0.25) is 0 Å². The van der Waals surface area contributed by atoms with Crippen molar-refractivity contribution in [1.29, 1.82) is 0 Å². The second-order valence-corrected chi connectivity index (χ2v) is 7.98. The molecule has 2 aliphatic rings. The molecule has 3 aromatic heterocycles. The Bertz CT molecular complexity index is 1320. The Morgan fingerprint density at radius 1 is 1.22 bits per heavy atom. The molecule has 162 valence electrons. The van der Waals surface area contributed by atoms with Crippen LogP contribution in [0.25, 0.3) is 28.8 Å². The Morgan fingerprint density at radius 2 is 2.12 bits per heavy atom. The molecule has 1 amide bonds. The molecule has 0 bridgehead atoms. The largest absolute Gasteiger partial charge is 0.379 e. The number of H-pyrrole nitrogens is 2. The first-order valence-corrected chi connectivity index (χ1v) is 10.6. The van der Waals surface area contributed by atoms with Gasteiger partial charge in [0.2, 0.25) is 0 Å². The Morgan fingerprint density at radius 3 is 3.00 bits per heavy atom. The molecule has 1 aromatic carbocycles. The van der Waals surface area contributed by atoms with E-state index in [0.717, 1.165) is 56.1 Å². The molecule has 0 unspecified atom stereocenters.